The topological polar surface area (TPSA) is 46.3 Å². The minimum absolute atomic E-state index is 0.105. The normalized spacial score (nSPS) is 30.6. The molecule has 0 spiro atoms. The molecule has 3 atom stereocenters. The van der Waals surface area contributed by atoms with Crippen molar-refractivity contribution in [2.24, 2.45) is 17.6 Å². The van der Waals surface area contributed by atoms with Crippen LogP contribution >= 0.6 is 11.6 Å². The summed E-state index contributed by atoms with van der Waals surface area (Å²) in [5, 5.41) is 0.659. The van der Waals surface area contributed by atoms with E-state index in [1.165, 1.54) is 0 Å². The van der Waals surface area contributed by atoms with Gasteiger partial charge in [-0.3, -0.25) is 4.79 Å². The summed E-state index contributed by atoms with van der Waals surface area (Å²) < 4.78 is 0. The number of hydrogen-bond donors (Lipinski definition) is 1. The smallest absolute Gasteiger partial charge is 0.253 e. The van der Waals surface area contributed by atoms with Crippen LogP contribution in [0.2, 0.25) is 5.02 Å². The van der Waals surface area contributed by atoms with Gasteiger partial charge >= 0.3 is 0 Å². The number of carbonyl (C=O) groups is 1. The number of nitrogens with two attached hydrogens (primary N) is 1. The number of hydrogen-bond acceptors (Lipinski definition) is 2. The van der Waals surface area contributed by atoms with Crippen LogP contribution in [0.4, 0.5) is 0 Å². The van der Waals surface area contributed by atoms with E-state index in [0.717, 1.165) is 25.9 Å². The Morgan fingerprint density at radius 1 is 1.22 bits per heavy atom. The third-order valence-corrected chi connectivity index (χ3v) is 4.54. The number of carbonyl (C=O) groups excluding carboxylic acids is 1. The lowest BCUT2D eigenvalue weighted by Crippen LogP contribution is -2.33. The van der Waals surface area contributed by atoms with Crippen LogP contribution in [0.25, 0.3) is 0 Å². The van der Waals surface area contributed by atoms with E-state index in [-0.39, 0.29) is 11.9 Å². The minimum Gasteiger partial charge on any atom is -0.338 e. The summed E-state index contributed by atoms with van der Waals surface area (Å²) in [5.41, 5.74) is 6.80. The number of nitrogens with zero attached hydrogens (tertiary/aromatic N) is 1. The molecule has 1 amide bonds. The van der Waals surface area contributed by atoms with Gasteiger partial charge in [-0.25, -0.2) is 0 Å². The fraction of sp³-hybridized carbons (Fsp3) is 0.500. The van der Waals surface area contributed by atoms with Crippen molar-refractivity contribution in [1.29, 1.82) is 0 Å². The summed E-state index contributed by atoms with van der Waals surface area (Å²) in [4.78, 5) is 14.3. The van der Waals surface area contributed by atoms with Crippen molar-refractivity contribution >= 4 is 17.5 Å². The second-order valence-electron chi connectivity index (χ2n) is 5.38. The lowest BCUT2D eigenvalue weighted by Gasteiger charge is -2.18. The first kappa shape index (κ1) is 12.0. The average molecular weight is 265 g/mol. The van der Waals surface area contributed by atoms with Crippen molar-refractivity contribution in [1.82, 2.24) is 4.90 Å². The Bertz CT molecular complexity index is 459. The van der Waals surface area contributed by atoms with Crippen molar-refractivity contribution in [3.8, 4) is 0 Å². The highest BCUT2D eigenvalue weighted by molar-refractivity contribution is 6.30. The molecule has 2 fully saturated rings. The largest absolute Gasteiger partial charge is 0.338 e. The van der Waals surface area contributed by atoms with Gasteiger partial charge in [0.2, 0.25) is 0 Å². The fourth-order valence-electron chi connectivity index (χ4n) is 3.25. The lowest BCUT2D eigenvalue weighted by molar-refractivity contribution is 0.0779. The van der Waals surface area contributed by atoms with Crippen molar-refractivity contribution in [3.05, 3.63) is 34.9 Å². The first-order valence-electron chi connectivity index (χ1n) is 6.45. The molecule has 1 saturated heterocycles. The molecule has 3 rings (SSSR count). The number of likely N-dealkylation sites (tertiary alicyclic amines) is 1. The van der Waals surface area contributed by atoms with Crippen LogP contribution in [0.5, 0.6) is 0 Å². The summed E-state index contributed by atoms with van der Waals surface area (Å²) in [6.07, 6.45) is 2.27. The molecule has 0 radical (unpaired) electrons. The molecule has 0 bridgehead atoms. The Balaban J connectivity index is 1.73. The Morgan fingerprint density at radius 3 is 2.61 bits per heavy atom. The summed E-state index contributed by atoms with van der Waals surface area (Å²) in [6.45, 7) is 1.67. The lowest BCUT2D eigenvalue weighted by atomic mass is 9.98. The maximum Gasteiger partial charge on any atom is 0.253 e. The molecular weight excluding hydrogens is 248 g/mol. The number of amides is 1. The highest BCUT2D eigenvalue weighted by atomic mass is 35.5. The fourth-order valence-corrected chi connectivity index (χ4v) is 3.37. The molecule has 1 aromatic rings. The molecule has 18 heavy (non-hydrogen) atoms. The zero-order chi connectivity index (χ0) is 12.7. The van der Waals surface area contributed by atoms with Gasteiger partial charge in [0, 0.05) is 29.7 Å². The van der Waals surface area contributed by atoms with Crippen molar-refractivity contribution in [2.45, 2.75) is 18.9 Å². The standard InChI is InChI=1S/C14H17ClN2O/c15-11-4-1-9(2-5-11)14(18)17-7-10-3-6-13(16)12(10)8-17/h1-2,4-5,10,12-13H,3,6-8,16H2. The molecule has 4 heteroatoms. The molecule has 1 saturated carbocycles. The SMILES string of the molecule is NC1CCC2CN(C(=O)c3ccc(Cl)cc3)CC12. The highest BCUT2D eigenvalue weighted by Crippen LogP contribution is 2.37. The van der Waals surface area contributed by atoms with E-state index in [0.29, 0.717) is 22.4 Å². The summed E-state index contributed by atoms with van der Waals surface area (Å²) in [5.74, 6) is 1.21. The molecule has 96 valence electrons. The molecule has 1 aromatic carbocycles. The van der Waals surface area contributed by atoms with Gasteiger partial charge in [0.15, 0.2) is 0 Å². The van der Waals surface area contributed by atoms with Gasteiger partial charge < -0.3 is 10.6 Å². The summed E-state index contributed by atoms with van der Waals surface area (Å²) in [7, 11) is 0. The summed E-state index contributed by atoms with van der Waals surface area (Å²) >= 11 is 5.83. The van der Waals surface area contributed by atoms with Crippen LogP contribution in [0, 0.1) is 11.8 Å². The van der Waals surface area contributed by atoms with Gasteiger partial charge in [-0.15, -0.1) is 0 Å². The van der Waals surface area contributed by atoms with Crippen molar-refractivity contribution < 1.29 is 4.79 Å². The number of halogens is 1. The Hall–Kier alpha value is -1.06. The average Bonchev–Trinajstić information content (AvgIpc) is 2.92. The monoisotopic (exact) mass is 264 g/mol. The molecule has 1 aliphatic heterocycles. The quantitative estimate of drug-likeness (QED) is 0.845. The van der Waals surface area contributed by atoms with E-state index >= 15 is 0 Å². The minimum atomic E-state index is 0.105. The number of fused-ring (bicyclic) bond motifs is 1. The molecular formula is C14H17ClN2O. The third kappa shape index (κ3) is 2.02. The zero-order valence-electron chi connectivity index (χ0n) is 10.2. The van der Waals surface area contributed by atoms with Crippen LogP contribution in [0.3, 0.4) is 0 Å². The second kappa shape index (κ2) is 4.56. The van der Waals surface area contributed by atoms with Crippen LogP contribution in [-0.2, 0) is 0 Å². The van der Waals surface area contributed by atoms with Crippen molar-refractivity contribution in [2.75, 3.05) is 13.1 Å². The maximum absolute atomic E-state index is 12.3. The van der Waals surface area contributed by atoms with E-state index in [1.54, 1.807) is 24.3 Å². The van der Waals surface area contributed by atoms with Crippen LogP contribution in [0.15, 0.2) is 24.3 Å². The Kier molecular flexibility index (Phi) is 3.04. The molecule has 1 heterocycles. The van der Waals surface area contributed by atoms with E-state index in [2.05, 4.69) is 0 Å². The predicted molar refractivity (Wildman–Crippen MR) is 71.5 cm³/mol. The second-order valence-corrected chi connectivity index (χ2v) is 5.82. The van der Waals surface area contributed by atoms with Gasteiger partial charge in [-0.1, -0.05) is 11.6 Å². The first-order valence-corrected chi connectivity index (χ1v) is 6.83. The molecule has 3 nitrogen and oxygen atoms in total. The predicted octanol–water partition coefficient (Wildman–Crippen LogP) is 2.15. The van der Waals surface area contributed by atoms with Gasteiger partial charge in [0.25, 0.3) is 5.91 Å². The van der Waals surface area contributed by atoms with Gasteiger partial charge in [0.05, 0.1) is 0 Å². The van der Waals surface area contributed by atoms with Crippen molar-refractivity contribution in [3.63, 3.8) is 0 Å². The van der Waals surface area contributed by atoms with E-state index in [9.17, 15) is 4.79 Å². The van der Waals surface area contributed by atoms with Gasteiger partial charge in [-0.2, -0.15) is 0 Å². The Labute approximate surface area is 112 Å². The third-order valence-electron chi connectivity index (χ3n) is 4.29. The highest BCUT2D eigenvalue weighted by Gasteiger charge is 2.42. The summed E-state index contributed by atoms with van der Waals surface area (Å²) in [6, 6.07) is 7.38. The Morgan fingerprint density at radius 2 is 1.94 bits per heavy atom. The van der Waals surface area contributed by atoms with E-state index < -0.39 is 0 Å². The molecule has 2 aliphatic rings. The number of rotatable bonds is 1. The van der Waals surface area contributed by atoms with Gasteiger partial charge in [0.1, 0.15) is 0 Å². The van der Waals surface area contributed by atoms with Crippen LogP contribution in [0.1, 0.15) is 23.2 Å². The molecule has 3 unspecified atom stereocenters. The molecule has 2 N–H and O–H groups in total. The molecule has 0 aromatic heterocycles. The van der Waals surface area contributed by atoms with E-state index in [4.69, 9.17) is 17.3 Å². The zero-order valence-corrected chi connectivity index (χ0v) is 10.9. The number of benzene rings is 1. The molecule has 1 aliphatic carbocycles. The van der Waals surface area contributed by atoms with Crippen LogP contribution in [-0.4, -0.2) is 29.9 Å². The van der Waals surface area contributed by atoms with E-state index in [1.807, 2.05) is 4.90 Å². The first-order chi connectivity index (χ1) is 8.65. The maximum atomic E-state index is 12.3. The van der Waals surface area contributed by atoms with Gasteiger partial charge in [-0.05, 0) is 48.9 Å². The van der Waals surface area contributed by atoms with Crippen LogP contribution < -0.4 is 5.73 Å².